The molecule has 6 nitrogen and oxygen atoms in total. The summed E-state index contributed by atoms with van der Waals surface area (Å²) in [5.41, 5.74) is 3.90. The number of carbonyl (C=O) groups excluding carboxylic acids is 1. The molecule has 0 aliphatic heterocycles. The minimum absolute atomic E-state index is 0.0257. The normalized spacial score (nSPS) is 30.5. The average molecular weight is 339 g/mol. The number of aliphatic hydroxyl groups excluding tert-OH is 2. The van der Waals surface area contributed by atoms with Crippen molar-refractivity contribution in [1.29, 1.82) is 0 Å². The number of allylic oxidation sites excluding steroid dienone is 2. The van der Waals surface area contributed by atoms with Crippen molar-refractivity contribution in [2.45, 2.75) is 45.3 Å². The zero-order valence-corrected chi connectivity index (χ0v) is 14.6. The predicted molar refractivity (Wildman–Crippen MR) is 89.5 cm³/mol. The highest BCUT2D eigenvalue weighted by molar-refractivity contribution is 5.69. The molecule has 0 spiro atoms. The van der Waals surface area contributed by atoms with Gasteiger partial charge in [0.1, 0.15) is 0 Å². The van der Waals surface area contributed by atoms with Gasteiger partial charge >= 0.3 is 5.97 Å². The van der Waals surface area contributed by atoms with E-state index in [2.05, 4.69) is 16.3 Å². The number of aliphatic hydroxyl groups is 2. The number of hydrogen-bond donors (Lipinski definition) is 3. The Morgan fingerprint density at radius 2 is 2.25 bits per heavy atom. The van der Waals surface area contributed by atoms with Crippen molar-refractivity contribution in [2.75, 3.05) is 13.7 Å². The molecule has 5 atom stereocenters. The van der Waals surface area contributed by atoms with Gasteiger partial charge in [-0.3, -0.25) is 15.1 Å². The topological polar surface area (TPSA) is 88.0 Å². The molecule has 1 saturated carbocycles. The smallest absolute Gasteiger partial charge is 0.307 e. The number of hydrogen-bond acceptors (Lipinski definition) is 6. The summed E-state index contributed by atoms with van der Waals surface area (Å²) in [6.07, 6.45) is 6.80. The molecule has 1 fully saturated rings. The number of methoxy groups -OCH3 is 1. The fourth-order valence-electron chi connectivity index (χ4n) is 3.42. The van der Waals surface area contributed by atoms with Crippen LogP contribution in [0.5, 0.6) is 0 Å². The molecule has 0 radical (unpaired) electrons. The molecule has 0 aromatic heterocycles. The van der Waals surface area contributed by atoms with Gasteiger partial charge in [0.25, 0.3) is 0 Å². The van der Waals surface area contributed by atoms with Crippen LogP contribution in [0, 0.1) is 23.7 Å². The zero-order valence-electron chi connectivity index (χ0n) is 14.6. The van der Waals surface area contributed by atoms with Crippen LogP contribution < -0.4 is 5.48 Å². The lowest BCUT2D eigenvalue weighted by atomic mass is 9.91. The van der Waals surface area contributed by atoms with Gasteiger partial charge in [-0.05, 0) is 30.6 Å². The molecule has 0 amide bonds. The fourth-order valence-corrected chi connectivity index (χ4v) is 3.42. The van der Waals surface area contributed by atoms with E-state index in [1.54, 1.807) is 6.08 Å². The summed E-state index contributed by atoms with van der Waals surface area (Å²) in [4.78, 5) is 16.3. The van der Waals surface area contributed by atoms with Crippen molar-refractivity contribution >= 4 is 5.97 Å². The first-order valence-electron chi connectivity index (χ1n) is 8.62. The number of nitrogens with one attached hydrogen (secondary N) is 1. The van der Waals surface area contributed by atoms with Crippen LogP contribution in [-0.4, -0.2) is 42.1 Å². The van der Waals surface area contributed by atoms with E-state index in [1.807, 2.05) is 19.9 Å². The first-order chi connectivity index (χ1) is 11.4. The molecule has 6 heteroatoms. The molecule has 0 aromatic rings. The summed E-state index contributed by atoms with van der Waals surface area (Å²) in [7, 11) is 1.35. The van der Waals surface area contributed by atoms with E-state index >= 15 is 0 Å². The molecule has 24 heavy (non-hydrogen) atoms. The molecule has 2 aliphatic rings. The predicted octanol–water partition coefficient (Wildman–Crippen LogP) is 1.54. The SMILES string of the molecule is COC(=O)CCONC1=C[C@@H]2[C@@H](C1)C[C@@H](O)[C@@H]2C=CC(O)C(C)C. The second-order valence-electron chi connectivity index (χ2n) is 7.01. The van der Waals surface area contributed by atoms with Crippen LogP contribution in [-0.2, 0) is 14.4 Å². The van der Waals surface area contributed by atoms with Crippen molar-refractivity contribution in [3.8, 4) is 0 Å². The first-order valence-corrected chi connectivity index (χ1v) is 8.62. The molecule has 1 unspecified atom stereocenters. The standard InChI is InChI=1S/C18H29NO5/c1-11(2)16(20)5-4-14-15-10-13(8-12(15)9-17(14)21)19-24-7-6-18(22)23-3/h4-5,10-12,14-17,19-21H,6-9H2,1-3H3/t12-,14+,15+,16?,17+/m0/s1. The monoisotopic (exact) mass is 339 g/mol. The Balaban J connectivity index is 1.86. The Bertz CT molecular complexity index is 488. The molecule has 136 valence electrons. The second kappa shape index (κ2) is 8.65. The Morgan fingerprint density at radius 1 is 1.50 bits per heavy atom. The number of rotatable bonds is 8. The Labute approximate surface area is 143 Å². The number of carbonyl (C=O) groups is 1. The highest BCUT2D eigenvalue weighted by atomic mass is 16.6. The van der Waals surface area contributed by atoms with E-state index in [9.17, 15) is 15.0 Å². The van der Waals surface area contributed by atoms with Crippen LogP contribution >= 0.6 is 0 Å². The summed E-state index contributed by atoms with van der Waals surface area (Å²) >= 11 is 0. The molecule has 2 aliphatic carbocycles. The van der Waals surface area contributed by atoms with Crippen molar-refractivity contribution < 1.29 is 24.6 Å². The molecule has 3 N–H and O–H groups in total. The lowest BCUT2D eigenvalue weighted by Gasteiger charge is -2.17. The Morgan fingerprint density at radius 3 is 2.92 bits per heavy atom. The largest absolute Gasteiger partial charge is 0.469 e. The highest BCUT2D eigenvalue weighted by Gasteiger charge is 2.43. The van der Waals surface area contributed by atoms with Crippen molar-refractivity contribution in [3.63, 3.8) is 0 Å². The van der Waals surface area contributed by atoms with E-state index in [1.165, 1.54) is 7.11 Å². The maximum Gasteiger partial charge on any atom is 0.307 e. The lowest BCUT2D eigenvalue weighted by molar-refractivity contribution is -0.142. The third-order valence-corrected chi connectivity index (χ3v) is 4.91. The van der Waals surface area contributed by atoms with Crippen LogP contribution in [0.25, 0.3) is 0 Å². The molecular formula is C18H29NO5. The number of ether oxygens (including phenoxy) is 1. The van der Waals surface area contributed by atoms with Gasteiger partial charge in [0, 0.05) is 11.6 Å². The van der Waals surface area contributed by atoms with Gasteiger partial charge in [-0.1, -0.05) is 32.1 Å². The van der Waals surface area contributed by atoms with Crippen LogP contribution in [0.3, 0.4) is 0 Å². The van der Waals surface area contributed by atoms with Gasteiger partial charge < -0.3 is 14.9 Å². The fraction of sp³-hybridized carbons (Fsp3) is 0.722. The maximum atomic E-state index is 11.0. The maximum absolute atomic E-state index is 11.0. The minimum atomic E-state index is -0.485. The lowest BCUT2D eigenvalue weighted by Crippen LogP contribution is -2.19. The van der Waals surface area contributed by atoms with E-state index in [0.717, 1.165) is 18.5 Å². The molecule has 0 heterocycles. The molecule has 0 aromatic carbocycles. The zero-order chi connectivity index (χ0) is 17.7. The number of fused-ring (bicyclic) bond motifs is 1. The Kier molecular flexibility index (Phi) is 6.83. The molecule has 0 saturated heterocycles. The van der Waals surface area contributed by atoms with E-state index in [4.69, 9.17) is 4.84 Å². The van der Waals surface area contributed by atoms with Crippen LogP contribution in [0.2, 0.25) is 0 Å². The summed E-state index contributed by atoms with van der Waals surface area (Å²) in [5, 5.41) is 20.2. The third-order valence-electron chi connectivity index (χ3n) is 4.91. The van der Waals surface area contributed by atoms with Crippen molar-refractivity contribution in [3.05, 3.63) is 23.9 Å². The van der Waals surface area contributed by atoms with Gasteiger partial charge in [0.15, 0.2) is 0 Å². The molecular weight excluding hydrogens is 310 g/mol. The summed E-state index contributed by atoms with van der Waals surface area (Å²) in [6.45, 7) is 4.18. The molecule has 2 rings (SSSR count). The number of hydroxylamine groups is 1. The number of esters is 1. The van der Waals surface area contributed by atoms with Gasteiger partial charge in [0.2, 0.25) is 0 Å². The highest BCUT2D eigenvalue weighted by Crippen LogP contribution is 2.46. The van der Waals surface area contributed by atoms with Crippen molar-refractivity contribution in [2.24, 2.45) is 23.7 Å². The second-order valence-corrected chi connectivity index (χ2v) is 7.01. The van der Waals surface area contributed by atoms with Gasteiger partial charge in [-0.2, -0.15) is 0 Å². The minimum Gasteiger partial charge on any atom is -0.469 e. The van der Waals surface area contributed by atoms with Gasteiger partial charge in [-0.25, -0.2) is 0 Å². The first kappa shape index (κ1) is 19.0. The van der Waals surface area contributed by atoms with E-state index in [-0.39, 0.29) is 42.9 Å². The van der Waals surface area contributed by atoms with E-state index in [0.29, 0.717) is 5.92 Å². The summed E-state index contributed by atoms with van der Waals surface area (Å²) < 4.78 is 4.55. The van der Waals surface area contributed by atoms with Crippen LogP contribution in [0.1, 0.15) is 33.1 Å². The van der Waals surface area contributed by atoms with Crippen LogP contribution in [0.4, 0.5) is 0 Å². The quantitative estimate of drug-likeness (QED) is 0.269. The summed E-state index contributed by atoms with van der Waals surface area (Å²) in [5.74, 6) is 0.527. The van der Waals surface area contributed by atoms with E-state index < -0.39 is 6.10 Å². The molecule has 0 bridgehead atoms. The average Bonchev–Trinajstić information content (AvgIpc) is 3.05. The Hall–Kier alpha value is -1.37. The van der Waals surface area contributed by atoms with Crippen molar-refractivity contribution in [1.82, 2.24) is 5.48 Å². The van der Waals surface area contributed by atoms with Crippen LogP contribution in [0.15, 0.2) is 23.9 Å². The van der Waals surface area contributed by atoms with Gasteiger partial charge in [-0.15, -0.1) is 0 Å². The van der Waals surface area contributed by atoms with Gasteiger partial charge in [0.05, 0.1) is 32.3 Å². The third kappa shape index (κ3) is 4.82. The summed E-state index contributed by atoms with van der Waals surface area (Å²) in [6, 6.07) is 0.